The predicted octanol–water partition coefficient (Wildman–Crippen LogP) is 1.43. The maximum atomic E-state index is 13.3. The molecule has 218 valence electrons. The summed E-state index contributed by atoms with van der Waals surface area (Å²) in [7, 11) is -0.851. The predicted molar refractivity (Wildman–Crippen MR) is 146 cm³/mol. The van der Waals surface area contributed by atoms with Crippen LogP contribution in [0.3, 0.4) is 0 Å². The van der Waals surface area contributed by atoms with Crippen molar-refractivity contribution in [1.29, 1.82) is 0 Å². The van der Waals surface area contributed by atoms with E-state index in [2.05, 4.69) is 44.5 Å². The van der Waals surface area contributed by atoms with E-state index in [9.17, 15) is 29.7 Å². The molecule has 6 atom stereocenters. The molecule has 0 aromatic heterocycles. The molecule has 1 aliphatic heterocycles. The zero-order chi connectivity index (χ0) is 29.5. The lowest BCUT2D eigenvalue weighted by atomic mass is 9.44. The van der Waals surface area contributed by atoms with Crippen molar-refractivity contribution < 1.29 is 38.9 Å². The van der Waals surface area contributed by atoms with Crippen molar-refractivity contribution in [2.45, 2.75) is 115 Å². The number of ether oxygens (including phenoxy) is 1. The van der Waals surface area contributed by atoms with Gasteiger partial charge in [0, 0.05) is 24.5 Å². The normalized spacial score (nSPS) is 33.2. The number of amides is 2. The molecular weight excluding hydrogens is 508 g/mol. The topological polar surface area (TPSA) is 154 Å². The summed E-state index contributed by atoms with van der Waals surface area (Å²) in [5, 5.41) is 39.2. The maximum Gasteiger partial charge on any atom is 0.252 e. The Balaban J connectivity index is 2.19. The van der Waals surface area contributed by atoms with Crippen LogP contribution < -0.4 is 10.6 Å². The number of allylic oxidation sites excluding steroid dienone is 1. The quantitative estimate of drug-likeness (QED) is 0.162. The van der Waals surface area contributed by atoms with Crippen molar-refractivity contribution in [2.75, 3.05) is 13.7 Å². The van der Waals surface area contributed by atoms with Gasteiger partial charge in [-0.25, -0.2) is 0 Å². The number of nitrogens with one attached hydrogen (secondary N) is 2. The van der Waals surface area contributed by atoms with Crippen LogP contribution in [-0.4, -0.2) is 90.9 Å². The summed E-state index contributed by atoms with van der Waals surface area (Å²) in [4.78, 5) is 37.4. The van der Waals surface area contributed by atoms with Gasteiger partial charge in [0.25, 0.3) is 5.91 Å². The van der Waals surface area contributed by atoms with Crippen molar-refractivity contribution in [2.24, 2.45) is 10.8 Å². The number of carbonyl (C=O) groups excluding carboxylic acids is 3. The van der Waals surface area contributed by atoms with Gasteiger partial charge in [-0.2, -0.15) is 0 Å². The summed E-state index contributed by atoms with van der Waals surface area (Å²) in [6.07, 6.45) is 0.724. The summed E-state index contributed by atoms with van der Waals surface area (Å²) in [5.41, 5.74) is -6.49. The number of hydrogen-bond donors (Lipinski definition) is 5. The van der Waals surface area contributed by atoms with Crippen LogP contribution in [0.2, 0.25) is 18.1 Å². The van der Waals surface area contributed by atoms with Gasteiger partial charge in [0.15, 0.2) is 14.4 Å². The number of hydrogen-bond acceptors (Lipinski definition) is 8. The Morgan fingerprint density at radius 3 is 2.24 bits per heavy atom. The summed E-state index contributed by atoms with van der Waals surface area (Å²) in [6.45, 7) is 17.3. The molecule has 1 aliphatic carbocycles. The van der Waals surface area contributed by atoms with Crippen molar-refractivity contribution in [3.05, 3.63) is 12.2 Å². The Morgan fingerprint density at radius 1 is 1.18 bits per heavy atom. The molecule has 0 unspecified atom stereocenters. The molecule has 11 heteroatoms. The van der Waals surface area contributed by atoms with Crippen molar-refractivity contribution in [3.63, 3.8) is 0 Å². The number of rotatable bonds is 9. The first-order chi connectivity index (χ1) is 17.1. The molecule has 5 N–H and O–H groups in total. The molecule has 2 amide bonds. The van der Waals surface area contributed by atoms with E-state index in [1.165, 1.54) is 33.1 Å². The van der Waals surface area contributed by atoms with Crippen molar-refractivity contribution in [1.82, 2.24) is 10.6 Å². The number of methoxy groups -OCH3 is 1. The van der Waals surface area contributed by atoms with Crippen LogP contribution >= 0.6 is 0 Å². The fourth-order valence-corrected chi connectivity index (χ4v) is 6.29. The summed E-state index contributed by atoms with van der Waals surface area (Å²) in [5.74, 6) is -1.16. The van der Waals surface area contributed by atoms with Gasteiger partial charge in [-0.3, -0.25) is 9.59 Å². The van der Waals surface area contributed by atoms with Crippen LogP contribution in [0.5, 0.6) is 0 Å². The van der Waals surface area contributed by atoms with Gasteiger partial charge in [0.2, 0.25) is 5.91 Å². The standard InChI is InChI=1S/C27H48N2O8Si/c1-23(2,3)38(9,10)37-17-11-12-18(20(31)28-15-17)29-21(32)19(36-8)27(35)22(33)26(34,25(27,6)7)14-13-24(4,5)16-30/h13-14,16-19,22,33-35H,11-12,15H2,1-10H3,(H,28,31)(H,29,32)/b14-13+/t17-,18+,19+,22+,26+,27+/m1/s1. The average Bonchev–Trinajstić information content (AvgIpc) is 2.97. The highest BCUT2D eigenvalue weighted by atomic mass is 28.4. The first kappa shape index (κ1) is 32.6. The average molecular weight is 557 g/mol. The third kappa shape index (κ3) is 5.64. The van der Waals surface area contributed by atoms with Gasteiger partial charge in [0.05, 0.1) is 6.10 Å². The third-order valence-electron chi connectivity index (χ3n) is 8.96. The van der Waals surface area contributed by atoms with E-state index < -0.39 is 54.5 Å². The number of carbonyl (C=O) groups is 3. The number of aliphatic hydroxyl groups is 3. The minimum absolute atomic E-state index is 0.00851. The van der Waals surface area contributed by atoms with E-state index in [0.717, 1.165) is 0 Å². The van der Waals surface area contributed by atoms with Crippen LogP contribution in [0.25, 0.3) is 0 Å². The molecular formula is C27H48N2O8Si. The van der Waals surface area contributed by atoms with Gasteiger partial charge in [-0.1, -0.05) is 46.8 Å². The Kier molecular flexibility index (Phi) is 9.21. The van der Waals surface area contributed by atoms with E-state index in [1.54, 1.807) is 13.8 Å². The van der Waals surface area contributed by atoms with Crippen LogP contribution in [0, 0.1) is 10.8 Å². The molecule has 38 heavy (non-hydrogen) atoms. The van der Waals surface area contributed by atoms with Crippen LogP contribution in [0.4, 0.5) is 0 Å². The summed E-state index contributed by atoms with van der Waals surface area (Å²) < 4.78 is 11.8. The van der Waals surface area contributed by atoms with Crippen molar-refractivity contribution in [3.8, 4) is 0 Å². The zero-order valence-corrected chi connectivity index (χ0v) is 25.5. The van der Waals surface area contributed by atoms with Gasteiger partial charge in [0.1, 0.15) is 29.6 Å². The molecule has 2 aliphatic rings. The van der Waals surface area contributed by atoms with Crippen LogP contribution in [0.15, 0.2) is 12.2 Å². The molecule has 0 spiro atoms. The molecule has 1 saturated carbocycles. The fraction of sp³-hybridized carbons (Fsp3) is 0.815. The second kappa shape index (κ2) is 10.7. The zero-order valence-electron chi connectivity index (χ0n) is 24.5. The van der Waals surface area contributed by atoms with Gasteiger partial charge < -0.3 is 39.9 Å². The molecule has 10 nitrogen and oxygen atoms in total. The SMILES string of the molecule is CO[C@@H](C(=O)N[C@H]1CC[C@@H](O[Si](C)(C)C(C)(C)C)CNC1=O)[C@]1(O)[C@@H](O)[C@@](O)(/C=C/C(C)(C)C=O)C1(C)C. The first-order valence-electron chi connectivity index (χ1n) is 13.2. The molecule has 1 saturated heterocycles. The van der Waals surface area contributed by atoms with Gasteiger partial charge >= 0.3 is 0 Å². The van der Waals surface area contributed by atoms with Gasteiger partial charge in [-0.05, 0) is 44.8 Å². The molecule has 0 aromatic rings. The maximum absolute atomic E-state index is 13.3. The van der Waals surface area contributed by atoms with E-state index in [1.807, 2.05) is 0 Å². The summed E-state index contributed by atoms with van der Waals surface area (Å²) >= 11 is 0. The van der Waals surface area contributed by atoms with Crippen molar-refractivity contribution >= 4 is 26.4 Å². The smallest absolute Gasteiger partial charge is 0.252 e. The highest BCUT2D eigenvalue weighted by molar-refractivity contribution is 6.74. The second-order valence-electron chi connectivity index (χ2n) is 13.5. The van der Waals surface area contributed by atoms with Gasteiger partial charge in [-0.15, -0.1) is 0 Å². The van der Waals surface area contributed by atoms with Crippen LogP contribution in [0.1, 0.15) is 61.3 Å². The second-order valence-corrected chi connectivity index (χ2v) is 18.2. The minimum Gasteiger partial charge on any atom is -0.412 e. The Bertz CT molecular complexity index is 944. The lowest BCUT2D eigenvalue weighted by Crippen LogP contribution is -2.86. The highest BCUT2D eigenvalue weighted by Crippen LogP contribution is 2.60. The Hall–Kier alpha value is -1.63. The van der Waals surface area contributed by atoms with E-state index in [-0.39, 0.29) is 17.0 Å². The molecule has 2 rings (SSSR count). The Morgan fingerprint density at radius 2 is 1.76 bits per heavy atom. The van der Waals surface area contributed by atoms with E-state index in [4.69, 9.17) is 9.16 Å². The van der Waals surface area contributed by atoms with Crippen LogP contribution in [-0.2, 0) is 23.5 Å². The largest absolute Gasteiger partial charge is 0.412 e. The molecule has 2 fully saturated rings. The lowest BCUT2D eigenvalue weighted by molar-refractivity contribution is -0.359. The molecule has 1 heterocycles. The Labute approximate surface area is 227 Å². The monoisotopic (exact) mass is 556 g/mol. The first-order valence-corrected chi connectivity index (χ1v) is 16.1. The highest BCUT2D eigenvalue weighted by Gasteiger charge is 2.78. The fourth-order valence-electron chi connectivity index (χ4n) is 4.90. The molecule has 0 radical (unpaired) electrons. The van der Waals surface area contributed by atoms with E-state index in [0.29, 0.717) is 25.7 Å². The van der Waals surface area contributed by atoms with E-state index >= 15 is 0 Å². The lowest BCUT2D eigenvalue weighted by Gasteiger charge is -2.67. The number of aliphatic hydroxyl groups excluding tert-OH is 1. The minimum atomic E-state index is -2.19. The molecule has 0 bridgehead atoms. The molecule has 0 aromatic carbocycles. The third-order valence-corrected chi connectivity index (χ3v) is 13.5. The summed E-state index contributed by atoms with van der Waals surface area (Å²) in [6, 6.07) is -0.885. The number of aldehydes is 1.